The van der Waals surface area contributed by atoms with Gasteiger partial charge in [0.2, 0.25) is 0 Å². The van der Waals surface area contributed by atoms with Crippen LogP contribution in [0.3, 0.4) is 0 Å². The van der Waals surface area contributed by atoms with E-state index in [1.807, 2.05) is 39.0 Å². The smallest absolute Gasteiger partial charge is 0.428 e. The van der Waals surface area contributed by atoms with Gasteiger partial charge in [-0.3, -0.25) is 0 Å². The lowest BCUT2D eigenvalue weighted by molar-refractivity contribution is 0.0207. The Morgan fingerprint density at radius 2 is 1.76 bits per heavy atom. The van der Waals surface area contributed by atoms with Crippen LogP contribution in [0.15, 0.2) is 66.7 Å². The summed E-state index contributed by atoms with van der Waals surface area (Å²) < 4.78 is 13.3. The summed E-state index contributed by atoms with van der Waals surface area (Å²) in [4.78, 5) is 17.4. The van der Waals surface area contributed by atoms with Gasteiger partial charge in [-0.15, -0.1) is 0 Å². The molecule has 1 fully saturated rings. The van der Waals surface area contributed by atoms with E-state index in [1.165, 1.54) is 48.9 Å². The molecular weight excluding hydrogens is 510 g/mol. The SMILES string of the molecule is CCCCc1nc2ccc(NC3CCCCC3)cc2n1Cc1ccc(-c2ccccc2OC(=O)OC(C)(C)C)cc1. The van der Waals surface area contributed by atoms with E-state index in [9.17, 15) is 4.79 Å². The summed E-state index contributed by atoms with van der Waals surface area (Å²) in [5, 5.41) is 3.79. The van der Waals surface area contributed by atoms with E-state index in [-0.39, 0.29) is 0 Å². The number of hydrogen-bond acceptors (Lipinski definition) is 5. The van der Waals surface area contributed by atoms with Crippen molar-refractivity contribution in [2.75, 3.05) is 5.32 Å². The minimum atomic E-state index is -0.703. The van der Waals surface area contributed by atoms with Gasteiger partial charge in [0.15, 0.2) is 0 Å². The normalized spacial score (nSPS) is 14.2. The van der Waals surface area contributed by atoms with Crippen LogP contribution in [0.2, 0.25) is 0 Å². The highest BCUT2D eigenvalue weighted by atomic mass is 16.7. The fourth-order valence-corrected chi connectivity index (χ4v) is 5.57. The van der Waals surface area contributed by atoms with Gasteiger partial charge in [0.05, 0.1) is 11.0 Å². The lowest BCUT2D eigenvalue weighted by atomic mass is 9.95. The van der Waals surface area contributed by atoms with Crippen LogP contribution in [0.25, 0.3) is 22.2 Å². The molecule has 1 heterocycles. The maximum atomic E-state index is 12.3. The minimum Gasteiger partial charge on any atom is -0.428 e. The molecule has 5 rings (SSSR count). The predicted molar refractivity (Wildman–Crippen MR) is 167 cm³/mol. The van der Waals surface area contributed by atoms with Crippen LogP contribution in [0.5, 0.6) is 5.75 Å². The van der Waals surface area contributed by atoms with Crippen LogP contribution in [0.4, 0.5) is 10.5 Å². The number of fused-ring (bicyclic) bond motifs is 1. The van der Waals surface area contributed by atoms with E-state index in [0.717, 1.165) is 48.3 Å². The number of carbonyl (C=O) groups excluding carboxylic acids is 1. The molecule has 1 saturated carbocycles. The minimum absolute atomic E-state index is 0.481. The Balaban J connectivity index is 1.38. The second-order valence-corrected chi connectivity index (χ2v) is 12.2. The average Bonchev–Trinajstić information content (AvgIpc) is 3.28. The molecule has 216 valence electrons. The van der Waals surface area contributed by atoms with Crippen molar-refractivity contribution in [3.05, 3.63) is 78.1 Å². The zero-order valence-electron chi connectivity index (χ0n) is 24.9. The number of unbranched alkanes of at least 4 members (excludes halogenated alkanes) is 1. The van der Waals surface area contributed by atoms with E-state index in [1.54, 1.807) is 6.07 Å². The van der Waals surface area contributed by atoms with Gasteiger partial charge < -0.3 is 19.4 Å². The zero-order chi connectivity index (χ0) is 28.8. The number of anilines is 1. The van der Waals surface area contributed by atoms with E-state index < -0.39 is 11.8 Å². The molecule has 0 unspecified atom stereocenters. The number of imidazole rings is 1. The summed E-state index contributed by atoms with van der Waals surface area (Å²) in [5.74, 6) is 1.62. The van der Waals surface area contributed by atoms with Crippen molar-refractivity contribution in [3.8, 4) is 16.9 Å². The molecule has 3 aromatic carbocycles. The molecule has 0 saturated heterocycles. The summed E-state index contributed by atoms with van der Waals surface area (Å²) in [6.45, 7) is 8.44. The second-order valence-electron chi connectivity index (χ2n) is 12.2. The molecule has 0 bridgehead atoms. The number of nitrogens with zero attached hydrogens (tertiary/aromatic N) is 2. The number of aryl methyl sites for hydroxylation is 1. The van der Waals surface area contributed by atoms with E-state index in [2.05, 4.69) is 59.3 Å². The molecule has 1 aromatic heterocycles. The monoisotopic (exact) mass is 553 g/mol. The molecule has 6 nitrogen and oxygen atoms in total. The number of para-hydroxylation sites is 1. The quantitative estimate of drug-likeness (QED) is 0.165. The predicted octanol–water partition coefficient (Wildman–Crippen LogP) is 9.15. The average molecular weight is 554 g/mol. The first-order chi connectivity index (χ1) is 19.8. The summed E-state index contributed by atoms with van der Waals surface area (Å²) in [7, 11) is 0. The largest absolute Gasteiger partial charge is 0.514 e. The maximum absolute atomic E-state index is 12.3. The molecule has 0 spiro atoms. The Hall–Kier alpha value is -3.80. The van der Waals surface area contributed by atoms with Crippen molar-refractivity contribution in [2.24, 2.45) is 0 Å². The number of benzene rings is 3. The summed E-state index contributed by atoms with van der Waals surface area (Å²) >= 11 is 0. The first-order valence-corrected chi connectivity index (χ1v) is 15.1. The topological polar surface area (TPSA) is 65.4 Å². The number of nitrogens with one attached hydrogen (secondary N) is 1. The zero-order valence-corrected chi connectivity index (χ0v) is 24.9. The highest BCUT2D eigenvalue weighted by Gasteiger charge is 2.20. The van der Waals surface area contributed by atoms with Gasteiger partial charge >= 0.3 is 6.16 Å². The lowest BCUT2D eigenvalue weighted by Gasteiger charge is -2.24. The standard InChI is InChI=1S/C35H43N3O3/c1-5-6-16-33-37-30-22-21-28(36-27-12-8-7-9-13-27)23-31(30)38(33)24-25-17-19-26(20-18-25)29-14-10-11-15-32(29)40-34(39)41-35(2,3)4/h10-11,14-15,17-23,27,36H,5-9,12-13,16,24H2,1-4H3. The van der Waals surface area contributed by atoms with Crippen LogP contribution in [-0.2, 0) is 17.7 Å². The van der Waals surface area contributed by atoms with Crippen LogP contribution in [-0.4, -0.2) is 27.3 Å². The molecule has 6 heteroatoms. The maximum Gasteiger partial charge on any atom is 0.514 e. The molecule has 1 aliphatic carbocycles. The van der Waals surface area contributed by atoms with Crippen LogP contribution < -0.4 is 10.1 Å². The molecule has 0 radical (unpaired) electrons. The van der Waals surface area contributed by atoms with Gasteiger partial charge in [-0.05, 0) is 75.4 Å². The number of ether oxygens (including phenoxy) is 2. The number of hydrogen-bond donors (Lipinski definition) is 1. The third-order valence-electron chi connectivity index (χ3n) is 7.63. The Bertz CT molecular complexity index is 1460. The highest BCUT2D eigenvalue weighted by molar-refractivity contribution is 5.80. The van der Waals surface area contributed by atoms with Crippen molar-refractivity contribution in [3.63, 3.8) is 0 Å². The van der Waals surface area contributed by atoms with Gasteiger partial charge in [0.1, 0.15) is 17.2 Å². The molecule has 41 heavy (non-hydrogen) atoms. The van der Waals surface area contributed by atoms with E-state index in [0.29, 0.717) is 11.8 Å². The second kappa shape index (κ2) is 12.8. The van der Waals surface area contributed by atoms with Crippen molar-refractivity contribution in [1.29, 1.82) is 0 Å². The molecule has 0 atom stereocenters. The van der Waals surface area contributed by atoms with Gasteiger partial charge in [-0.1, -0.05) is 75.1 Å². The first-order valence-electron chi connectivity index (χ1n) is 15.1. The van der Waals surface area contributed by atoms with Crippen LogP contribution in [0, 0.1) is 0 Å². The third-order valence-corrected chi connectivity index (χ3v) is 7.63. The lowest BCUT2D eigenvalue weighted by Crippen LogP contribution is -2.26. The fourth-order valence-electron chi connectivity index (χ4n) is 5.57. The Kier molecular flexibility index (Phi) is 8.96. The molecule has 1 N–H and O–H groups in total. The first kappa shape index (κ1) is 28.7. The van der Waals surface area contributed by atoms with Crippen molar-refractivity contribution in [1.82, 2.24) is 9.55 Å². The Morgan fingerprint density at radius 3 is 2.49 bits per heavy atom. The molecule has 0 aliphatic heterocycles. The number of carbonyl (C=O) groups is 1. The third kappa shape index (κ3) is 7.49. The molecular formula is C35H43N3O3. The Labute approximate surface area is 244 Å². The summed E-state index contributed by atoms with van der Waals surface area (Å²) in [5.41, 5.74) is 5.82. The van der Waals surface area contributed by atoms with Crippen molar-refractivity contribution in [2.45, 2.75) is 97.2 Å². The fraction of sp³-hybridized carbons (Fsp3) is 0.429. The van der Waals surface area contributed by atoms with Gasteiger partial charge in [-0.2, -0.15) is 0 Å². The highest BCUT2D eigenvalue weighted by Crippen LogP contribution is 2.31. The Morgan fingerprint density at radius 1 is 1.00 bits per heavy atom. The summed E-state index contributed by atoms with van der Waals surface area (Å²) in [6.07, 6.45) is 8.98. The van der Waals surface area contributed by atoms with Crippen molar-refractivity contribution >= 4 is 22.9 Å². The molecule has 1 aliphatic rings. The number of rotatable bonds is 9. The van der Waals surface area contributed by atoms with Crippen molar-refractivity contribution < 1.29 is 14.3 Å². The van der Waals surface area contributed by atoms with Crippen LogP contribution >= 0.6 is 0 Å². The molecule has 4 aromatic rings. The number of aromatic nitrogens is 2. The van der Waals surface area contributed by atoms with Gasteiger partial charge in [0.25, 0.3) is 0 Å². The van der Waals surface area contributed by atoms with Crippen LogP contribution in [0.1, 0.15) is 84.0 Å². The van der Waals surface area contributed by atoms with Gasteiger partial charge in [-0.25, -0.2) is 9.78 Å². The summed E-state index contributed by atoms with van der Waals surface area (Å²) in [6, 6.07) is 23.2. The molecule has 0 amide bonds. The van der Waals surface area contributed by atoms with E-state index >= 15 is 0 Å². The van der Waals surface area contributed by atoms with Gasteiger partial charge in [0, 0.05) is 30.3 Å². The van der Waals surface area contributed by atoms with E-state index in [4.69, 9.17) is 14.5 Å².